The lowest BCUT2D eigenvalue weighted by Crippen LogP contribution is -2.14. The van der Waals surface area contributed by atoms with Crippen LogP contribution in [-0.4, -0.2) is 10.1 Å². The number of hydrogen-bond donors (Lipinski definition) is 1. The van der Waals surface area contributed by atoms with Gasteiger partial charge in [0.15, 0.2) is 0 Å². The summed E-state index contributed by atoms with van der Waals surface area (Å²) in [5.41, 5.74) is -0.807. The zero-order valence-electron chi connectivity index (χ0n) is 6.79. The van der Waals surface area contributed by atoms with Gasteiger partial charge in [-0.25, -0.2) is 4.98 Å². The van der Waals surface area contributed by atoms with Gasteiger partial charge in [0.1, 0.15) is 10.6 Å². The smallest absolute Gasteiger partial charge is 0.124 e. The van der Waals surface area contributed by atoms with E-state index >= 15 is 0 Å². The Labute approximate surface area is 70.9 Å². The minimum absolute atomic E-state index is 0.744. The third kappa shape index (κ3) is 2.01. The van der Waals surface area contributed by atoms with Crippen molar-refractivity contribution in [2.24, 2.45) is 0 Å². The van der Waals surface area contributed by atoms with Gasteiger partial charge in [-0.15, -0.1) is 11.3 Å². The molecule has 0 fully saturated rings. The molecule has 2 nitrogen and oxygen atoms in total. The van der Waals surface area contributed by atoms with Crippen molar-refractivity contribution in [1.82, 2.24) is 4.98 Å². The van der Waals surface area contributed by atoms with Crippen molar-refractivity contribution in [3.05, 3.63) is 23.0 Å². The third-order valence-corrected chi connectivity index (χ3v) is 2.69. The Kier molecular flexibility index (Phi) is 2.30. The normalized spacial score (nSPS) is 12.0. The molecular formula is C8H12NOS. The maximum absolute atomic E-state index is 9.53. The summed E-state index contributed by atoms with van der Waals surface area (Å²) in [5.74, 6) is 0. The molecule has 61 valence electrons. The fraction of sp³-hybridized carbons (Fsp3) is 0.500. The van der Waals surface area contributed by atoms with Crippen LogP contribution in [0.25, 0.3) is 0 Å². The molecule has 0 saturated heterocycles. The zero-order valence-corrected chi connectivity index (χ0v) is 7.61. The van der Waals surface area contributed by atoms with Crippen LogP contribution in [0.4, 0.5) is 0 Å². The van der Waals surface area contributed by atoms with Crippen LogP contribution in [-0.2, 0) is 12.0 Å². The number of nitrogens with zero attached hydrogens (tertiary/aromatic N) is 1. The molecule has 0 unspecified atom stereocenters. The largest absolute Gasteiger partial charge is 0.383 e. The van der Waals surface area contributed by atoms with E-state index in [9.17, 15) is 5.11 Å². The van der Waals surface area contributed by atoms with E-state index in [4.69, 9.17) is 0 Å². The highest BCUT2D eigenvalue weighted by atomic mass is 32.1. The summed E-state index contributed by atoms with van der Waals surface area (Å²) < 4.78 is 0. The summed E-state index contributed by atoms with van der Waals surface area (Å²) in [6, 6.07) is 0. The molecule has 0 amide bonds. The first kappa shape index (κ1) is 8.68. The van der Waals surface area contributed by atoms with Gasteiger partial charge >= 0.3 is 0 Å². The van der Waals surface area contributed by atoms with E-state index in [2.05, 4.69) is 11.9 Å². The van der Waals surface area contributed by atoms with Crippen LogP contribution in [0.15, 0.2) is 6.20 Å². The summed E-state index contributed by atoms with van der Waals surface area (Å²) in [6.45, 7) is 7.21. The summed E-state index contributed by atoms with van der Waals surface area (Å²) in [6.07, 6.45) is 2.51. The highest BCUT2D eigenvalue weighted by Crippen LogP contribution is 2.24. The molecule has 1 heterocycles. The van der Waals surface area contributed by atoms with Gasteiger partial charge in [0.25, 0.3) is 0 Å². The predicted molar refractivity (Wildman–Crippen MR) is 46.4 cm³/mol. The molecule has 1 aromatic heterocycles. The van der Waals surface area contributed by atoms with Crippen LogP contribution in [0.2, 0.25) is 0 Å². The molecular weight excluding hydrogens is 158 g/mol. The molecule has 11 heavy (non-hydrogen) atoms. The number of rotatable bonds is 2. The molecule has 0 aliphatic carbocycles. The summed E-state index contributed by atoms with van der Waals surface area (Å²) in [4.78, 5) is 5.20. The Balaban J connectivity index is 2.89. The van der Waals surface area contributed by atoms with Crippen LogP contribution in [0, 0.1) is 6.92 Å². The lowest BCUT2D eigenvalue weighted by atomic mass is 10.2. The van der Waals surface area contributed by atoms with Crippen molar-refractivity contribution in [3.8, 4) is 0 Å². The van der Waals surface area contributed by atoms with Gasteiger partial charge in [-0.2, -0.15) is 0 Å². The van der Waals surface area contributed by atoms with Crippen LogP contribution in [0.1, 0.15) is 23.7 Å². The van der Waals surface area contributed by atoms with E-state index in [1.54, 1.807) is 20.0 Å². The first-order chi connectivity index (χ1) is 5.04. The maximum Gasteiger partial charge on any atom is 0.124 e. The van der Waals surface area contributed by atoms with Gasteiger partial charge in [0, 0.05) is 11.1 Å². The van der Waals surface area contributed by atoms with Crippen LogP contribution in [0.5, 0.6) is 0 Å². The maximum atomic E-state index is 9.53. The highest BCUT2D eigenvalue weighted by molar-refractivity contribution is 7.11. The van der Waals surface area contributed by atoms with Gasteiger partial charge in [0.2, 0.25) is 0 Å². The van der Waals surface area contributed by atoms with Crippen LogP contribution < -0.4 is 0 Å². The van der Waals surface area contributed by atoms with Gasteiger partial charge in [-0.05, 0) is 27.2 Å². The monoisotopic (exact) mass is 170 g/mol. The molecule has 3 heteroatoms. The van der Waals surface area contributed by atoms with E-state index in [0.29, 0.717) is 0 Å². The molecule has 0 saturated carbocycles. The number of hydrogen-bond acceptors (Lipinski definition) is 3. The molecule has 0 bridgehead atoms. The van der Waals surface area contributed by atoms with Crippen molar-refractivity contribution in [2.45, 2.75) is 25.9 Å². The Morgan fingerprint density at radius 3 is 2.64 bits per heavy atom. The molecule has 0 aromatic carbocycles. The molecule has 1 radical (unpaired) electrons. The molecule has 1 rings (SSSR count). The van der Waals surface area contributed by atoms with Crippen molar-refractivity contribution < 1.29 is 5.11 Å². The standard InChI is InChI=1S/C8H12NOS/c1-4-6-5-9-7(11-6)8(2,3)10/h5,10H,1,4H2,2-3H3. The lowest BCUT2D eigenvalue weighted by molar-refractivity contribution is 0.0783. The van der Waals surface area contributed by atoms with Gasteiger partial charge < -0.3 is 5.11 Å². The Bertz CT molecular complexity index is 236. The summed E-state index contributed by atoms with van der Waals surface area (Å²) >= 11 is 1.52. The van der Waals surface area contributed by atoms with E-state index in [1.807, 2.05) is 0 Å². The Morgan fingerprint density at radius 1 is 1.73 bits per heavy atom. The molecule has 1 aromatic rings. The van der Waals surface area contributed by atoms with Crippen LogP contribution >= 0.6 is 11.3 Å². The molecule has 0 spiro atoms. The fourth-order valence-corrected chi connectivity index (χ4v) is 1.52. The minimum atomic E-state index is -0.807. The predicted octanol–water partition coefficient (Wildman–Crippen LogP) is 1.75. The van der Waals surface area contributed by atoms with Gasteiger partial charge in [0.05, 0.1) is 0 Å². The first-order valence-electron chi connectivity index (χ1n) is 3.51. The topological polar surface area (TPSA) is 33.1 Å². The van der Waals surface area contributed by atoms with E-state index in [1.165, 1.54) is 11.3 Å². The van der Waals surface area contributed by atoms with Crippen LogP contribution in [0.3, 0.4) is 0 Å². The second-order valence-electron chi connectivity index (χ2n) is 2.94. The van der Waals surface area contributed by atoms with E-state index < -0.39 is 5.60 Å². The number of aromatic nitrogens is 1. The van der Waals surface area contributed by atoms with Crippen molar-refractivity contribution >= 4 is 11.3 Å². The Hall–Kier alpha value is -0.410. The van der Waals surface area contributed by atoms with Crippen molar-refractivity contribution in [2.75, 3.05) is 0 Å². The van der Waals surface area contributed by atoms with E-state index in [-0.39, 0.29) is 0 Å². The molecule has 0 atom stereocenters. The SMILES string of the molecule is [CH2]Cc1cnc(C(C)(C)O)s1. The number of aliphatic hydroxyl groups is 1. The number of thiazole rings is 1. The second kappa shape index (κ2) is 2.91. The molecule has 1 N–H and O–H groups in total. The Morgan fingerprint density at radius 2 is 2.36 bits per heavy atom. The molecule has 0 aliphatic heterocycles. The van der Waals surface area contributed by atoms with Crippen molar-refractivity contribution in [1.29, 1.82) is 0 Å². The van der Waals surface area contributed by atoms with E-state index in [0.717, 1.165) is 16.3 Å². The lowest BCUT2D eigenvalue weighted by Gasteiger charge is -2.12. The van der Waals surface area contributed by atoms with Gasteiger partial charge in [-0.3, -0.25) is 0 Å². The summed E-state index contributed by atoms with van der Waals surface area (Å²) in [5, 5.41) is 10.3. The summed E-state index contributed by atoms with van der Waals surface area (Å²) in [7, 11) is 0. The zero-order chi connectivity index (χ0) is 8.48. The quantitative estimate of drug-likeness (QED) is 0.733. The van der Waals surface area contributed by atoms with Crippen molar-refractivity contribution in [3.63, 3.8) is 0 Å². The fourth-order valence-electron chi connectivity index (χ4n) is 0.706. The molecule has 0 aliphatic rings. The second-order valence-corrected chi connectivity index (χ2v) is 4.06. The first-order valence-corrected chi connectivity index (χ1v) is 4.32. The average molecular weight is 170 g/mol. The van der Waals surface area contributed by atoms with Gasteiger partial charge in [-0.1, -0.05) is 0 Å². The highest BCUT2D eigenvalue weighted by Gasteiger charge is 2.19. The minimum Gasteiger partial charge on any atom is -0.383 e. The average Bonchev–Trinajstić information content (AvgIpc) is 2.32. The third-order valence-electron chi connectivity index (χ3n) is 1.32.